The highest BCUT2D eigenvalue weighted by atomic mass is 16.1. The molecule has 0 atom stereocenters. The molecule has 0 saturated carbocycles. The van der Waals surface area contributed by atoms with E-state index in [1.54, 1.807) is 6.20 Å². The van der Waals surface area contributed by atoms with Gasteiger partial charge in [0.1, 0.15) is 0 Å². The first-order valence-electron chi connectivity index (χ1n) is 6.62. The number of hydrogen-bond acceptors (Lipinski definition) is 3. The van der Waals surface area contributed by atoms with Crippen LogP contribution in [0.1, 0.15) is 42.4 Å². The molecule has 1 aromatic heterocycles. The molecule has 0 radical (unpaired) electrons. The molecule has 0 saturated heterocycles. The molecular formula is C15H25N3O. The molecule has 0 aromatic carbocycles. The largest absolute Gasteiger partial charge is 0.351 e. The fourth-order valence-corrected chi connectivity index (χ4v) is 1.98. The van der Waals surface area contributed by atoms with Crippen molar-refractivity contribution in [1.82, 2.24) is 15.2 Å². The highest BCUT2D eigenvalue weighted by molar-refractivity contribution is 5.94. The lowest BCUT2D eigenvalue weighted by molar-refractivity contribution is 0.0950. The Labute approximate surface area is 116 Å². The summed E-state index contributed by atoms with van der Waals surface area (Å²) in [5.74, 6) is -0.0575. The van der Waals surface area contributed by atoms with Gasteiger partial charge in [0.2, 0.25) is 0 Å². The van der Waals surface area contributed by atoms with Crippen LogP contribution in [-0.2, 0) is 5.41 Å². The number of hydrogen-bond donors (Lipinski definition) is 1. The summed E-state index contributed by atoms with van der Waals surface area (Å²) in [4.78, 5) is 18.4. The molecule has 106 valence electrons. The first kappa shape index (κ1) is 15.6. The van der Waals surface area contributed by atoms with Crippen LogP contribution in [0.15, 0.2) is 12.3 Å². The number of aromatic nitrogens is 1. The number of aryl methyl sites for hydroxylation is 1. The summed E-state index contributed by atoms with van der Waals surface area (Å²) in [6, 6.07) is 1.92. The zero-order valence-electron chi connectivity index (χ0n) is 12.9. The first-order valence-corrected chi connectivity index (χ1v) is 6.62. The molecular weight excluding hydrogens is 238 g/mol. The van der Waals surface area contributed by atoms with Crippen molar-refractivity contribution in [2.24, 2.45) is 0 Å². The van der Waals surface area contributed by atoms with E-state index >= 15 is 0 Å². The number of rotatable bonds is 4. The lowest BCUT2D eigenvalue weighted by atomic mass is 9.88. The first-order chi connectivity index (χ1) is 8.71. The zero-order valence-corrected chi connectivity index (χ0v) is 12.9. The van der Waals surface area contributed by atoms with Crippen LogP contribution in [0.5, 0.6) is 0 Å². The molecule has 1 heterocycles. The third-order valence-corrected chi connectivity index (χ3v) is 2.90. The highest BCUT2D eigenvalue weighted by Gasteiger charge is 2.19. The fourth-order valence-electron chi connectivity index (χ4n) is 1.98. The molecule has 0 spiro atoms. The van der Waals surface area contributed by atoms with Gasteiger partial charge < -0.3 is 10.2 Å². The van der Waals surface area contributed by atoms with E-state index in [1.807, 2.05) is 32.0 Å². The minimum atomic E-state index is -0.0575. The van der Waals surface area contributed by atoms with E-state index in [4.69, 9.17) is 0 Å². The summed E-state index contributed by atoms with van der Waals surface area (Å²) in [5, 5.41) is 2.90. The van der Waals surface area contributed by atoms with E-state index < -0.39 is 0 Å². The Morgan fingerprint density at radius 2 is 2.00 bits per heavy atom. The zero-order chi connectivity index (χ0) is 14.6. The van der Waals surface area contributed by atoms with Crippen LogP contribution in [0, 0.1) is 6.92 Å². The Balaban J connectivity index is 2.75. The summed E-state index contributed by atoms with van der Waals surface area (Å²) in [5.41, 5.74) is 2.73. The van der Waals surface area contributed by atoms with E-state index in [9.17, 15) is 4.79 Å². The molecule has 0 aliphatic heterocycles. The Morgan fingerprint density at radius 3 is 2.47 bits per heavy atom. The van der Waals surface area contributed by atoms with Gasteiger partial charge in [-0.2, -0.15) is 0 Å². The lowest BCUT2D eigenvalue weighted by Crippen LogP contribution is -2.31. The number of likely N-dealkylation sites (N-methyl/N-ethyl adjacent to an activating group) is 1. The van der Waals surface area contributed by atoms with E-state index in [0.717, 1.165) is 17.8 Å². The number of carbonyl (C=O) groups is 1. The molecule has 1 amide bonds. The molecule has 4 nitrogen and oxygen atoms in total. The molecule has 0 bridgehead atoms. The number of nitrogens with one attached hydrogen (secondary N) is 1. The monoisotopic (exact) mass is 263 g/mol. The summed E-state index contributed by atoms with van der Waals surface area (Å²) >= 11 is 0. The van der Waals surface area contributed by atoms with Crippen molar-refractivity contribution in [3.63, 3.8) is 0 Å². The predicted octanol–water partition coefficient (Wildman–Crippen LogP) is 1.98. The van der Waals surface area contributed by atoms with Gasteiger partial charge in [0.15, 0.2) is 0 Å². The summed E-state index contributed by atoms with van der Waals surface area (Å²) in [6.07, 6.45) is 1.67. The van der Waals surface area contributed by atoms with Gasteiger partial charge in [0, 0.05) is 30.4 Å². The van der Waals surface area contributed by atoms with Crippen LogP contribution in [0.2, 0.25) is 0 Å². The molecule has 1 rings (SSSR count). The normalized spacial score (nSPS) is 11.7. The topological polar surface area (TPSA) is 45.2 Å². The van der Waals surface area contributed by atoms with Crippen molar-refractivity contribution < 1.29 is 4.79 Å². The van der Waals surface area contributed by atoms with Gasteiger partial charge in [0.05, 0.1) is 5.56 Å². The van der Waals surface area contributed by atoms with Crippen LogP contribution in [0.3, 0.4) is 0 Å². The molecule has 19 heavy (non-hydrogen) atoms. The molecule has 1 aromatic rings. The molecule has 4 heteroatoms. The SMILES string of the molecule is Cc1cc(C(=O)NCCN(C)C)cnc1C(C)(C)C. The van der Waals surface area contributed by atoms with Crippen LogP contribution in [0.25, 0.3) is 0 Å². The lowest BCUT2D eigenvalue weighted by Gasteiger charge is -2.20. The second kappa shape index (κ2) is 6.15. The Bertz CT molecular complexity index is 447. The standard InChI is InChI=1S/C15H25N3O/c1-11-9-12(10-17-13(11)15(2,3)4)14(19)16-7-8-18(5)6/h9-10H,7-8H2,1-6H3,(H,16,19). The van der Waals surface area contributed by atoms with Crippen LogP contribution >= 0.6 is 0 Å². The Morgan fingerprint density at radius 1 is 1.37 bits per heavy atom. The fraction of sp³-hybridized carbons (Fsp3) is 0.600. The van der Waals surface area contributed by atoms with Gasteiger partial charge >= 0.3 is 0 Å². The Hall–Kier alpha value is -1.42. The highest BCUT2D eigenvalue weighted by Crippen LogP contribution is 2.23. The summed E-state index contributed by atoms with van der Waals surface area (Å²) in [7, 11) is 3.96. The van der Waals surface area contributed by atoms with Gasteiger partial charge in [0.25, 0.3) is 5.91 Å². The number of pyridine rings is 1. The van der Waals surface area contributed by atoms with Crippen LogP contribution < -0.4 is 5.32 Å². The van der Waals surface area contributed by atoms with Crippen molar-refractivity contribution >= 4 is 5.91 Å². The van der Waals surface area contributed by atoms with Gasteiger partial charge in [-0.3, -0.25) is 9.78 Å². The third-order valence-electron chi connectivity index (χ3n) is 2.90. The molecule has 0 fully saturated rings. The van der Waals surface area contributed by atoms with Gasteiger partial charge in [-0.05, 0) is 32.6 Å². The minimum absolute atomic E-state index is 0.00398. The predicted molar refractivity (Wildman–Crippen MR) is 78.6 cm³/mol. The molecule has 0 unspecified atom stereocenters. The Kier molecular flexibility index (Phi) is 5.06. The van der Waals surface area contributed by atoms with Crippen molar-refractivity contribution in [2.75, 3.05) is 27.2 Å². The molecule has 0 aliphatic rings. The minimum Gasteiger partial charge on any atom is -0.351 e. The maximum Gasteiger partial charge on any atom is 0.252 e. The van der Waals surface area contributed by atoms with Crippen molar-refractivity contribution in [2.45, 2.75) is 33.1 Å². The summed E-state index contributed by atoms with van der Waals surface area (Å²) in [6.45, 7) is 9.85. The van der Waals surface area contributed by atoms with Crippen LogP contribution in [-0.4, -0.2) is 43.0 Å². The quantitative estimate of drug-likeness (QED) is 0.903. The maximum absolute atomic E-state index is 12.0. The van der Waals surface area contributed by atoms with Gasteiger partial charge in [-0.15, -0.1) is 0 Å². The van der Waals surface area contributed by atoms with E-state index in [1.165, 1.54) is 0 Å². The van der Waals surface area contributed by atoms with Crippen molar-refractivity contribution in [1.29, 1.82) is 0 Å². The van der Waals surface area contributed by atoms with Crippen LogP contribution in [0.4, 0.5) is 0 Å². The maximum atomic E-state index is 12.0. The van der Waals surface area contributed by atoms with Gasteiger partial charge in [-0.25, -0.2) is 0 Å². The second-order valence-corrected chi connectivity index (χ2v) is 6.20. The van der Waals surface area contributed by atoms with Gasteiger partial charge in [-0.1, -0.05) is 20.8 Å². The molecule has 0 aliphatic carbocycles. The second-order valence-electron chi connectivity index (χ2n) is 6.20. The van der Waals surface area contributed by atoms with E-state index in [0.29, 0.717) is 12.1 Å². The third kappa shape index (κ3) is 4.63. The van der Waals surface area contributed by atoms with Crippen molar-refractivity contribution in [3.05, 3.63) is 29.1 Å². The van der Waals surface area contributed by atoms with E-state index in [2.05, 4.69) is 31.1 Å². The van der Waals surface area contributed by atoms with Crippen molar-refractivity contribution in [3.8, 4) is 0 Å². The smallest absolute Gasteiger partial charge is 0.252 e. The van der Waals surface area contributed by atoms with E-state index in [-0.39, 0.29) is 11.3 Å². The molecule has 1 N–H and O–H groups in total. The number of nitrogens with zero attached hydrogens (tertiary/aromatic N) is 2. The average molecular weight is 263 g/mol. The average Bonchev–Trinajstić information content (AvgIpc) is 2.26. The number of amides is 1. The number of carbonyl (C=O) groups excluding carboxylic acids is 1. The summed E-state index contributed by atoms with van der Waals surface area (Å²) < 4.78 is 0.